The van der Waals surface area contributed by atoms with E-state index in [1.54, 1.807) is 6.20 Å². The number of nitrogens with one attached hydrogen (secondary N) is 2. The lowest BCUT2D eigenvalue weighted by Crippen LogP contribution is -2.38. The normalized spacial score (nSPS) is 10.9. The predicted octanol–water partition coefficient (Wildman–Crippen LogP) is 3.05. The maximum Gasteiger partial charge on any atom is 0.276 e. The van der Waals surface area contributed by atoms with Gasteiger partial charge in [-0.05, 0) is 24.6 Å². The minimum absolute atomic E-state index is 0. The van der Waals surface area contributed by atoms with Crippen LogP contribution >= 0.6 is 24.0 Å². The maximum absolute atomic E-state index is 5.26. The third-order valence-corrected chi connectivity index (χ3v) is 3.60. The average Bonchev–Trinajstić information content (AvgIpc) is 3.16. The van der Waals surface area contributed by atoms with Crippen LogP contribution in [0.1, 0.15) is 18.3 Å². The SMILES string of the molecule is CCNC(=NCc1ccccc1)NCCc1noc(-c2ccccn2)n1.I. The Balaban J connectivity index is 0.00000261. The molecule has 2 aromatic heterocycles. The van der Waals surface area contributed by atoms with E-state index < -0.39 is 0 Å². The van der Waals surface area contributed by atoms with E-state index in [1.165, 1.54) is 5.56 Å². The number of hydrogen-bond acceptors (Lipinski definition) is 5. The molecular weight excluding hydrogens is 455 g/mol. The molecule has 1 aromatic carbocycles. The fourth-order valence-electron chi connectivity index (χ4n) is 2.34. The molecule has 3 rings (SSSR count). The van der Waals surface area contributed by atoms with Crippen LogP contribution in [0.4, 0.5) is 0 Å². The molecule has 0 aliphatic heterocycles. The first-order chi connectivity index (χ1) is 12.8. The highest BCUT2D eigenvalue weighted by Crippen LogP contribution is 2.13. The van der Waals surface area contributed by atoms with Gasteiger partial charge in [-0.2, -0.15) is 4.98 Å². The molecule has 0 amide bonds. The highest BCUT2D eigenvalue weighted by Gasteiger charge is 2.09. The van der Waals surface area contributed by atoms with E-state index in [9.17, 15) is 0 Å². The first kappa shape index (κ1) is 20.8. The van der Waals surface area contributed by atoms with Gasteiger partial charge >= 0.3 is 0 Å². The standard InChI is InChI=1S/C19H22N6O.HI/c1-2-20-19(23-14-15-8-4-3-5-9-15)22-13-11-17-24-18(26-25-17)16-10-6-7-12-21-16;/h3-10,12H,2,11,13-14H2,1H3,(H2,20,22,23);1H. The number of pyridine rings is 1. The summed E-state index contributed by atoms with van der Waals surface area (Å²) in [4.78, 5) is 13.2. The van der Waals surface area contributed by atoms with Gasteiger partial charge in [-0.3, -0.25) is 4.98 Å². The number of aromatic nitrogens is 3. The number of hydrogen-bond donors (Lipinski definition) is 2. The minimum Gasteiger partial charge on any atom is -0.357 e. The number of nitrogens with zero attached hydrogens (tertiary/aromatic N) is 4. The summed E-state index contributed by atoms with van der Waals surface area (Å²) in [5, 5.41) is 10.5. The Hall–Kier alpha value is -2.49. The van der Waals surface area contributed by atoms with Crippen LogP contribution in [0.15, 0.2) is 64.2 Å². The predicted molar refractivity (Wildman–Crippen MR) is 116 cm³/mol. The van der Waals surface area contributed by atoms with Crippen LogP contribution in [-0.4, -0.2) is 34.2 Å². The van der Waals surface area contributed by atoms with Gasteiger partial charge in [-0.1, -0.05) is 41.6 Å². The van der Waals surface area contributed by atoms with Gasteiger partial charge in [0, 0.05) is 25.7 Å². The first-order valence-corrected chi connectivity index (χ1v) is 8.65. The van der Waals surface area contributed by atoms with Gasteiger partial charge in [0.05, 0.1) is 6.54 Å². The summed E-state index contributed by atoms with van der Waals surface area (Å²) in [6, 6.07) is 15.7. The van der Waals surface area contributed by atoms with Crippen LogP contribution in [0.5, 0.6) is 0 Å². The Kier molecular flexibility index (Phi) is 8.69. The number of aliphatic imine (C=N–C) groups is 1. The maximum atomic E-state index is 5.26. The summed E-state index contributed by atoms with van der Waals surface area (Å²) in [5.74, 6) is 1.84. The third-order valence-electron chi connectivity index (χ3n) is 3.60. The van der Waals surface area contributed by atoms with Gasteiger partial charge in [0.1, 0.15) is 5.69 Å². The molecule has 7 nitrogen and oxygen atoms in total. The number of guanidine groups is 1. The lowest BCUT2D eigenvalue weighted by molar-refractivity contribution is 0.421. The Morgan fingerprint density at radius 3 is 2.63 bits per heavy atom. The van der Waals surface area contributed by atoms with E-state index in [2.05, 4.69) is 42.9 Å². The van der Waals surface area contributed by atoms with Crippen molar-refractivity contribution in [1.82, 2.24) is 25.8 Å². The molecule has 0 spiro atoms. The van der Waals surface area contributed by atoms with Gasteiger partial charge in [0.2, 0.25) is 0 Å². The quantitative estimate of drug-likeness (QED) is 0.309. The second-order valence-corrected chi connectivity index (χ2v) is 5.59. The molecule has 0 radical (unpaired) electrons. The highest BCUT2D eigenvalue weighted by atomic mass is 127. The number of halogens is 1. The van der Waals surface area contributed by atoms with Crippen LogP contribution in [0, 0.1) is 0 Å². The highest BCUT2D eigenvalue weighted by molar-refractivity contribution is 14.0. The van der Waals surface area contributed by atoms with Crippen LogP contribution in [0.2, 0.25) is 0 Å². The van der Waals surface area contributed by atoms with E-state index >= 15 is 0 Å². The van der Waals surface area contributed by atoms with Crippen LogP contribution < -0.4 is 10.6 Å². The molecule has 0 atom stereocenters. The van der Waals surface area contributed by atoms with Gasteiger partial charge in [-0.15, -0.1) is 24.0 Å². The van der Waals surface area contributed by atoms with E-state index in [1.807, 2.05) is 43.3 Å². The Labute approximate surface area is 175 Å². The molecule has 2 N–H and O–H groups in total. The summed E-state index contributed by atoms with van der Waals surface area (Å²) in [6.07, 6.45) is 2.33. The van der Waals surface area contributed by atoms with Crippen LogP contribution in [0.3, 0.4) is 0 Å². The molecule has 2 heterocycles. The van der Waals surface area contributed by atoms with Crippen LogP contribution in [-0.2, 0) is 13.0 Å². The molecular formula is C19H23IN6O. The summed E-state index contributed by atoms with van der Waals surface area (Å²) in [7, 11) is 0. The van der Waals surface area contributed by atoms with Crippen molar-refractivity contribution in [3.8, 4) is 11.6 Å². The number of benzene rings is 1. The van der Waals surface area contributed by atoms with E-state index in [-0.39, 0.29) is 24.0 Å². The lowest BCUT2D eigenvalue weighted by atomic mass is 10.2. The zero-order valence-electron chi connectivity index (χ0n) is 15.1. The van der Waals surface area contributed by atoms with Crippen LogP contribution in [0.25, 0.3) is 11.6 Å². The van der Waals surface area contributed by atoms with Crippen molar-refractivity contribution in [3.63, 3.8) is 0 Å². The Bertz CT molecular complexity index is 822. The van der Waals surface area contributed by atoms with Crippen molar-refractivity contribution in [2.24, 2.45) is 4.99 Å². The molecule has 0 fully saturated rings. The zero-order valence-corrected chi connectivity index (χ0v) is 17.5. The van der Waals surface area contributed by atoms with E-state index in [4.69, 9.17) is 4.52 Å². The van der Waals surface area contributed by atoms with Gasteiger partial charge in [0.15, 0.2) is 11.8 Å². The van der Waals surface area contributed by atoms with Crippen molar-refractivity contribution < 1.29 is 4.52 Å². The Morgan fingerprint density at radius 2 is 1.89 bits per heavy atom. The molecule has 3 aromatic rings. The van der Waals surface area contributed by atoms with Crippen molar-refractivity contribution >= 4 is 29.9 Å². The number of rotatable bonds is 7. The molecule has 27 heavy (non-hydrogen) atoms. The lowest BCUT2D eigenvalue weighted by Gasteiger charge is -2.10. The monoisotopic (exact) mass is 478 g/mol. The second kappa shape index (κ2) is 11.3. The third kappa shape index (κ3) is 6.63. The zero-order chi connectivity index (χ0) is 18.0. The summed E-state index contributed by atoms with van der Waals surface area (Å²) >= 11 is 0. The fraction of sp³-hybridized carbons (Fsp3) is 0.263. The second-order valence-electron chi connectivity index (χ2n) is 5.59. The van der Waals surface area contributed by atoms with Gasteiger partial charge in [0.25, 0.3) is 5.89 Å². The van der Waals surface area contributed by atoms with E-state index in [0.717, 1.165) is 12.5 Å². The molecule has 0 unspecified atom stereocenters. The molecule has 0 bridgehead atoms. The first-order valence-electron chi connectivity index (χ1n) is 8.65. The summed E-state index contributed by atoms with van der Waals surface area (Å²) in [6.45, 7) is 4.12. The Morgan fingerprint density at radius 1 is 1.07 bits per heavy atom. The van der Waals surface area contributed by atoms with Crippen molar-refractivity contribution in [2.45, 2.75) is 19.9 Å². The van der Waals surface area contributed by atoms with E-state index in [0.29, 0.717) is 36.9 Å². The summed E-state index contributed by atoms with van der Waals surface area (Å²) in [5.41, 5.74) is 1.85. The topological polar surface area (TPSA) is 88.2 Å². The largest absolute Gasteiger partial charge is 0.357 e. The van der Waals surface area contributed by atoms with Crippen molar-refractivity contribution in [1.29, 1.82) is 0 Å². The molecule has 0 saturated heterocycles. The summed E-state index contributed by atoms with van der Waals surface area (Å²) < 4.78 is 5.26. The van der Waals surface area contributed by atoms with Crippen molar-refractivity contribution in [2.75, 3.05) is 13.1 Å². The average molecular weight is 478 g/mol. The molecule has 0 aliphatic rings. The minimum atomic E-state index is 0. The fourth-order valence-corrected chi connectivity index (χ4v) is 2.34. The molecule has 8 heteroatoms. The van der Waals surface area contributed by atoms with Gasteiger partial charge in [-0.25, -0.2) is 4.99 Å². The molecule has 142 valence electrons. The smallest absolute Gasteiger partial charge is 0.276 e. The molecule has 0 aliphatic carbocycles. The molecule has 0 saturated carbocycles. The van der Waals surface area contributed by atoms with Crippen molar-refractivity contribution in [3.05, 3.63) is 66.1 Å². The van der Waals surface area contributed by atoms with Gasteiger partial charge < -0.3 is 15.2 Å².